The molecule has 2 fully saturated rings. The number of carbonyl (C=O) groups excluding carboxylic acids is 3. The maximum absolute atomic E-state index is 12.6. The van der Waals surface area contributed by atoms with Gasteiger partial charge < -0.3 is 15.1 Å². The van der Waals surface area contributed by atoms with Crippen LogP contribution in [-0.4, -0.2) is 58.2 Å². The van der Waals surface area contributed by atoms with E-state index in [-0.39, 0.29) is 10.9 Å². The monoisotopic (exact) mass is 424 g/mol. The van der Waals surface area contributed by atoms with Gasteiger partial charge in [-0.05, 0) is 36.4 Å². The van der Waals surface area contributed by atoms with E-state index in [9.17, 15) is 14.4 Å². The molecule has 4 rings (SSSR count). The van der Waals surface area contributed by atoms with E-state index in [0.717, 1.165) is 36.2 Å². The molecule has 0 spiro atoms. The highest BCUT2D eigenvalue weighted by Gasteiger charge is 2.25. The number of rotatable bonds is 3. The summed E-state index contributed by atoms with van der Waals surface area (Å²) in [6, 6.07) is 11.1. The predicted octanol–water partition coefficient (Wildman–Crippen LogP) is 2.54. The molecule has 0 aliphatic carbocycles. The van der Waals surface area contributed by atoms with Crippen molar-refractivity contribution in [2.45, 2.75) is 6.42 Å². The first kappa shape index (κ1) is 19.9. The molecule has 0 bridgehead atoms. The smallest absolute Gasteiger partial charge is 0.321 e. The number of aromatic nitrogens is 2. The van der Waals surface area contributed by atoms with Gasteiger partial charge in [0.1, 0.15) is 5.82 Å². The number of hydrogen-bond donors (Lipinski definition) is 2. The molecule has 0 saturated carbocycles. The molecule has 9 nitrogen and oxygen atoms in total. The van der Waals surface area contributed by atoms with Crippen LogP contribution in [0.25, 0.3) is 6.08 Å². The molecule has 2 aromatic rings. The molecule has 2 saturated heterocycles. The fraction of sp³-hybridized carbons (Fsp3) is 0.250. The molecule has 30 heavy (non-hydrogen) atoms. The normalized spacial score (nSPS) is 18.3. The summed E-state index contributed by atoms with van der Waals surface area (Å²) >= 11 is 0.834. The Morgan fingerprint density at radius 1 is 1.10 bits per heavy atom. The Labute approximate surface area is 177 Å². The molecule has 2 N–H and O–H groups in total. The first-order chi connectivity index (χ1) is 14.6. The van der Waals surface area contributed by atoms with E-state index in [1.165, 1.54) is 6.08 Å². The highest BCUT2D eigenvalue weighted by molar-refractivity contribution is 8.18. The zero-order valence-electron chi connectivity index (χ0n) is 16.1. The minimum Gasteiger partial charge on any atom is -0.355 e. The van der Waals surface area contributed by atoms with Crippen molar-refractivity contribution in [2.24, 2.45) is 0 Å². The van der Waals surface area contributed by atoms with E-state index < -0.39 is 11.1 Å². The highest BCUT2D eigenvalue weighted by Crippen LogP contribution is 2.25. The first-order valence-corrected chi connectivity index (χ1v) is 10.3. The average molecular weight is 424 g/mol. The maximum Gasteiger partial charge on any atom is 0.321 e. The van der Waals surface area contributed by atoms with Crippen LogP contribution in [0.4, 0.5) is 21.1 Å². The number of hydrogen-bond acceptors (Lipinski definition) is 7. The van der Waals surface area contributed by atoms with E-state index in [1.807, 2.05) is 30.3 Å². The molecule has 10 heteroatoms. The zero-order valence-corrected chi connectivity index (χ0v) is 16.9. The zero-order chi connectivity index (χ0) is 20.9. The lowest BCUT2D eigenvalue weighted by molar-refractivity contribution is -0.115. The summed E-state index contributed by atoms with van der Waals surface area (Å²) in [6.45, 7) is 2.58. The fourth-order valence-electron chi connectivity index (χ4n) is 3.22. The van der Waals surface area contributed by atoms with Crippen molar-refractivity contribution in [3.8, 4) is 0 Å². The number of amides is 4. The Balaban J connectivity index is 1.41. The van der Waals surface area contributed by atoms with Crippen molar-refractivity contribution < 1.29 is 14.4 Å². The van der Waals surface area contributed by atoms with E-state index in [1.54, 1.807) is 17.2 Å². The molecule has 4 amide bonds. The Kier molecular flexibility index (Phi) is 5.94. The van der Waals surface area contributed by atoms with Gasteiger partial charge in [0.15, 0.2) is 5.82 Å². The van der Waals surface area contributed by atoms with Gasteiger partial charge in [0.25, 0.3) is 11.1 Å². The number of benzene rings is 1. The number of nitrogens with zero attached hydrogens (tertiary/aromatic N) is 4. The third-order valence-electron chi connectivity index (χ3n) is 4.69. The maximum atomic E-state index is 12.6. The number of carbonyl (C=O) groups is 3. The van der Waals surface area contributed by atoms with Crippen LogP contribution in [-0.2, 0) is 4.79 Å². The molecule has 3 heterocycles. The van der Waals surface area contributed by atoms with E-state index >= 15 is 0 Å². The molecule has 0 atom stereocenters. The molecule has 0 unspecified atom stereocenters. The second kappa shape index (κ2) is 8.95. The Bertz CT molecular complexity index is 997. The number of anilines is 2. The van der Waals surface area contributed by atoms with Crippen molar-refractivity contribution in [2.75, 3.05) is 36.4 Å². The molecular weight excluding hydrogens is 404 g/mol. The van der Waals surface area contributed by atoms with E-state index in [2.05, 4.69) is 25.5 Å². The van der Waals surface area contributed by atoms with Crippen molar-refractivity contribution >= 4 is 46.5 Å². The molecule has 154 valence electrons. The minimum atomic E-state index is -0.436. The van der Waals surface area contributed by atoms with Crippen LogP contribution in [0.3, 0.4) is 0 Å². The standard InChI is InChI=1S/C20H20N6O3S/c27-18-15(30-20(29)24-18)13-16-21-8-7-17(23-16)25-9-4-10-26(12-11-25)19(28)22-14-5-2-1-3-6-14/h1-3,5-8,13H,4,9-12H2,(H,22,28)(H,24,27,29)/b15-13+. The third-order valence-corrected chi connectivity index (χ3v) is 5.50. The summed E-state index contributed by atoms with van der Waals surface area (Å²) in [7, 11) is 0. The van der Waals surface area contributed by atoms with E-state index in [0.29, 0.717) is 25.5 Å². The van der Waals surface area contributed by atoms with Crippen LogP contribution in [0.1, 0.15) is 12.2 Å². The van der Waals surface area contributed by atoms with Gasteiger partial charge in [-0.2, -0.15) is 0 Å². The number of nitrogens with one attached hydrogen (secondary N) is 2. The Morgan fingerprint density at radius 2 is 1.93 bits per heavy atom. The van der Waals surface area contributed by atoms with Gasteiger partial charge in [0, 0.05) is 44.1 Å². The van der Waals surface area contributed by atoms with Crippen LogP contribution in [0.15, 0.2) is 47.5 Å². The number of urea groups is 1. The van der Waals surface area contributed by atoms with Crippen LogP contribution >= 0.6 is 11.8 Å². The lowest BCUT2D eigenvalue weighted by Crippen LogP contribution is -2.38. The van der Waals surface area contributed by atoms with Gasteiger partial charge >= 0.3 is 6.03 Å². The lowest BCUT2D eigenvalue weighted by atomic mass is 10.3. The summed E-state index contributed by atoms with van der Waals surface area (Å²) in [5.74, 6) is 0.647. The number of thioether (sulfide) groups is 1. The molecule has 2 aliphatic rings. The molecule has 1 aromatic carbocycles. The molecule has 2 aliphatic heterocycles. The van der Waals surface area contributed by atoms with Crippen molar-refractivity contribution in [1.29, 1.82) is 0 Å². The van der Waals surface area contributed by atoms with Crippen LogP contribution < -0.4 is 15.5 Å². The van der Waals surface area contributed by atoms with Crippen LogP contribution in [0.5, 0.6) is 0 Å². The Morgan fingerprint density at radius 3 is 2.70 bits per heavy atom. The van der Waals surface area contributed by atoms with Gasteiger partial charge in [-0.25, -0.2) is 14.8 Å². The summed E-state index contributed by atoms with van der Waals surface area (Å²) in [5.41, 5.74) is 0.768. The number of imide groups is 1. The van der Waals surface area contributed by atoms with Gasteiger partial charge in [-0.1, -0.05) is 18.2 Å². The van der Waals surface area contributed by atoms with Crippen LogP contribution in [0.2, 0.25) is 0 Å². The van der Waals surface area contributed by atoms with E-state index in [4.69, 9.17) is 0 Å². The number of para-hydroxylation sites is 1. The molecular formula is C20H20N6O3S. The Hall–Kier alpha value is -3.40. The fourth-order valence-corrected chi connectivity index (χ4v) is 3.87. The highest BCUT2D eigenvalue weighted by atomic mass is 32.2. The second-order valence-corrected chi connectivity index (χ2v) is 7.76. The topological polar surface area (TPSA) is 108 Å². The molecule has 1 aromatic heterocycles. The quantitative estimate of drug-likeness (QED) is 0.729. The van der Waals surface area contributed by atoms with Crippen molar-refractivity contribution in [3.05, 3.63) is 53.3 Å². The minimum absolute atomic E-state index is 0.120. The summed E-state index contributed by atoms with van der Waals surface area (Å²) in [4.78, 5) is 48.4. The van der Waals surface area contributed by atoms with Gasteiger partial charge in [-0.3, -0.25) is 14.9 Å². The van der Waals surface area contributed by atoms with Gasteiger partial charge in [-0.15, -0.1) is 0 Å². The van der Waals surface area contributed by atoms with Crippen molar-refractivity contribution in [3.63, 3.8) is 0 Å². The van der Waals surface area contributed by atoms with Crippen LogP contribution in [0, 0.1) is 0 Å². The summed E-state index contributed by atoms with van der Waals surface area (Å²) < 4.78 is 0. The first-order valence-electron chi connectivity index (χ1n) is 9.52. The predicted molar refractivity (Wildman–Crippen MR) is 115 cm³/mol. The molecule has 0 radical (unpaired) electrons. The second-order valence-electron chi connectivity index (χ2n) is 6.75. The van der Waals surface area contributed by atoms with Gasteiger partial charge in [0.2, 0.25) is 0 Å². The van der Waals surface area contributed by atoms with Crippen molar-refractivity contribution in [1.82, 2.24) is 20.2 Å². The van der Waals surface area contributed by atoms with Gasteiger partial charge in [0.05, 0.1) is 4.91 Å². The summed E-state index contributed by atoms with van der Waals surface area (Å²) in [6.07, 6.45) is 3.93. The lowest BCUT2D eigenvalue weighted by Gasteiger charge is -2.23. The SMILES string of the molecule is O=C1NC(=O)/C(=C\c2nccc(N3CCCN(C(=O)Nc4ccccc4)CC3)n2)S1. The summed E-state index contributed by atoms with van der Waals surface area (Å²) in [5, 5.41) is 4.73. The largest absolute Gasteiger partial charge is 0.355 e. The average Bonchev–Trinajstić information content (AvgIpc) is 2.94. The third kappa shape index (κ3) is 4.77.